The molecule has 0 aromatic carbocycles. The van der Waals surface area contributed by atoms with Crippen molar-refractivity contribution in [3.8, 4) is 6.07 Å². The largest absolute Gasteiger partial charge is 0.296 e. The highest BCUT2D eigenvalue weighted by Gasteiger charge is 2.22. The van der Waals surface area contributed by atoms with Gasteiger partial charge in [-0.25, -0.2) is 0 Å². The molecule has 0 amide bonds. The first kappa shape index (κ1) is 14.3. The summed E-state index contributed by atoms with van der Waals surface area (Å²) in [4.78, 5) is 4.59. The van der Waals surface area contributed by atoms with E-state index in [1.165, 1.54) is 0 Å². The first-order valence-corrected chi connectivity index (χ1v) is 6.94. The molecule has 2 rings (SSSR count). The molecule has 1 aromatic rings. The van der Waals surface area contributed by atoms with E-state index >= 15 is 0 Å². The van der Waals surface area contributed by atoms with Crippen LogP contribution in [-0.2, 0) is 13.6 Å². The van der Waals surface area contributed by atoms with Crippen molar-refractivity contribution >= 4 is 11.6 Å². The van der Waals surface area contributed by atoms with Gasteiger partial charge in [0.15, 0.2) is 0 Å². The summed E-state index contributed by atoms with van der Waals surface area (Å²) in [6.07, 6.45) is 0. The van der Waals surface area contributed by atoms with Gasteiger partial charge in [0, 0.05) is 45.3 Å². The molecule has 0 N–H and O–H groups in total. The standard InChI is InChI=1S/C13H20ClN5/c1-10(8-15)19-6-4-18(5-7-19)9-12-11(2)16-17(3)13(12)14/h10H,4-7,9H2,1-3H3. The number of piperazine rings is 1. The van der Waals surface area contributed by atoms with Gasteiger partial charge < -0.3 is 0 Å². The first-order valence-electron chi connectivity index (χ1n) is 6.57. The van der Waals surface area contributed by atoms with Crippen LogP contribution in [0.15, 0.2) is 0 Å². The fraction of sp³-hybridized carbons (Fsp3) is 0.692. The zero-order valence-corrected chi connectivity index (χ0v) is 12.5. The molecular weight excluding hydrogens is 262 g/mol. The molecule has 6 heteroatoms. The zero-order chi connectivity index (χ0) is 14.0. The lowest BCUT2D eigenvalue weighted by molar-refractivity contribution is 0.114. The van der Waals surface area contributed by atoms with Gasteiger partial charge in [0.05, 0.1) is 17.8 Å². The lowest BCUT2D eigenvalue weighted by Gasteiger charge is -2.35. The Balaban J connectivity index is 1.94. The molecule has 0 saturated carbocycles. The number of rotatable bonds is 3. The van der Waals surface area contributed by atoms with Gasteiger partial charge in [0.25, 0.3) is 0 Å². The highest BCUT2D eigenvalue weighted by atomic mass is 35.5. The third-order valence-corrected chi connectivity index (χ3v) is 4.27. The summed E-state index contributed by atoms with van der Waals surface area (Å²) in [5.74, 6) is 0. The second-order valence-corrected chi connectivity index (χ2v) is 5.45. The molecule has 1 aliphatic heterocycles. The van der Waals surface area contributed by atoms with Gasteiger partial charge in [-0.2, -0.15) is 10.4 Å². The topological polar surface area (TPSA) is 48.1 Å². The van der Waals surface area contributed by atoms with Crippen molar-refractivity contribution in [3.63, 3.8) is 0 Å². The zero-order valence-electron chi connectivity index (χ0n) is 11.7. The van der Waals surface area contributed by atoms with Crippen LogP contribution in [0.1, 0.15) is 18.2 Å². The van der Waals surface area contributed by atoms with Gasteiger partial charge in [-0.1, -0.05) is 11.6 Å². The van der Waals surface area contributed by atoms with Crippen molar-refractivity contribution in [3.05, 3.63) is 16.4 Å². The fourth-order valence-electron chi connectivity index (χ4n) is 2.47. The minimum atomic E-state index is 0.00543. The minimum absolute atomic E-state index is 0.00543. The van der Waals surface area contributed by atoms with Crippen LogP contribution >= 0.6 is 11.6 Å². The lowest BCUT2D eigenvalue weighted by Crippen LogP contribution is -2.48. The Kier molecular flexibility index (Phi) is 4.46. The number of nitriles is 1. The maximum absolute atomic E-state index is 8.93. The molecule has 1 aromatic heterocycles. The predicted octanol–water partition coefficient (Wildman–Crippen LogP) is 1.41. The molecule has 1 fully saturated rings. The Morgan fingerprint density at radius 3 is 2.47 bits per heavy atom. The van der Waals surface area contributed by atoms with Gasteiger partial charge in [0.1, 0.15) is 5.15 Å². The van der Waals surface area contributed by atoms with Gasteiger partial charge >= 0.3 is 0 Å². The predicted molar refractivity (Wildman–Crippen MR) is 74.9 cm³/mol. The SMILES string of the molecule is Cc1nn(C)c(Cl)c1CN1CCN(C(C)C#N)CC1. The average molecular weight is 282 g/mol. The smallest absolute Gasteiger partial charge is 0.131 e. The molecule has 0 radical (unpaired) electrons. The number of halogens is 1. The Bertz CT molecular complexity index is 482. The van der Waals surface area contributed by atoms with Gasteiger partial charge in [0.2, 0.25) is 0 Å². The van der Waals surface area contributed by atoms with Gasteiger partial charge in [-0.3, -0.25) is 14.5 Å². The number of hydrogen-bond donors (Lipinski definition) is 0. The Labute approximate surface area is 119 Å². The summed E-state index contributed by atoms with van der Waals surface area (Å²) in [7, 11) is 1.87. The normalized spacial score (nSPS) is 19.3. The van der Waals surface area contributed by atoms with Crippen molar-refractivity contribution in [1.29, 1.82) is 5.26 Å². The van der Waals surface area contributed by atoms with E-state index in [4.69, 9.17) is 16.9 Å². The summed E-state index contributed by atoms with van der Waals surface area (Å²) in [5.41, 5.74) is 2.12. The van der Waals surface area contributed by atoms with Crippen LogP contribution in [0.25, 0.3) is 0 Å². The van der Waals surface area contributed by atoms with Crippen LogP contribution in [0.5, 0.6) is 0 Å². The van der Waals surface area contributed by atoms with E-state index in [-0.39, 0.29) is 6.04 Å². The third-order valence-electron chi connectivity index (χ3n) is 3.79. The third kappa shape index (κ3) is 3.08. The Morgan fingerprint density at radius 1 is 1.37 bits per heavy atom. The molecule has 5 nitrogen and oxygen atoms in total. The number of aromatic nitrogens is 2. The molecule has 2 heterocycles. The van der Waals surface area contributed by atoms with E-state index in [2.05, 4.69) is 21.0 Å². The van der Waals surface area contributed by atoms with Crippen molar-refractivity contribution in [2.75, 3.05) is 26.2 Å². The molecule has 0 aliphatic carbocycles. The van der Waals surface area contributed by atoms with Crippen molar-refractivity contribution in [2.45, 2.75) is 26.4 Å². The van der Waals surface area contributed by atoms with E-state index in [9.17, 15) is 0 Å². The number of nitrogens with zero attached hydrogens (tertiary/aromatic N) is 5. The van der Waals surface area contributed by atoms with Crippen LogP contribution in [0, 0.1) is 18.3 Å². The summed E-state index contributed by atoms with van der Waals surface area (Å²) < 4.78 is 1.72. The van der Waals surface area contributed by atoms with E-state index in [0.29, 0.717) is 0 Å². The van der Waals surface area contributed by atoms with Gasteiger partial charge in [-0.15, -0.1) is 0 Å². The molecule has 1 unspecified atom stereocenters. The first-order chi connectivity index (χ1) is 9.02. The monoisotopic (exact) mass is 281 g/mol. The van der Waals surface area contributed by atoms with Gasteiger partial charge in [-0.05, 0) is 13.8 Å². The fourth-order valence-corrected chi connectivity index (χ4v) is 2.70. The molecule has 104 valence electrons. The molecule has 1 saturated heterocycles. The average Bonchev–Trinajstić information content (AvgIpc) is 2.65. The number of hydrogen-bond acceptors (Lipinski definition) is 4. The highest BCUT2D eigenvalue weighted by molar-refractivity contribution is 6.30. The molecule has 0 spiro atoms. The van der Waals surface area contributed by atoms with Crippen LogP contribution in [0.4, 0.5) is 0 Å². The molecule has 1 aliphatic rings. The van der Waals surface area contributed by atoms with E-state index in [0.717, 1.165) is 49.1 Å². The minimum Gasteiger partial charge on any atom is -0.296 e. The summed E-state index contributed by atoms with van der Waals surface area (Å²) in [5, 5.41) is 14.0. The van der Waals surface area contributed by atoms with E-state index in [1.54, 1.807) is 4.68 Å². The van der Waals surface area contributed by atoms with Crippen molar-refractivity contribution in [1.82, 2.24) is 19.6 Å². The summed E-state index contributed by atoms with van der Waals surface area (Å²) >= 11 is 6.26. The maximum Gasteiger partial charge on any atom is 0.131 e. The molecular formula is C13H20ClN5. The van der Waals surface area contributed by atoms with Crippen molar-refractivity contribution in [2.24, 2.45) is 7.05 Å². The molecule has 0 bridgehead atoms. The maximum atomic E-state index is 8.93. The van der Waals surface area contributed by atoms with Crippen LogP contribution in [0.3, 0.4) is 0 Å². The molecule has 19 heavy (non-hydrogen) atoms. The van der Waals surface area contributed by atoms with Crippen LogP contribution < -0.4 is 0 Å². The van der Waals surface area contributed by atoms with E-state index in [1.807, 2.05) is 20.9 Å². The quantitative estimate of drug-likeness (QED) is 0.841. The highest BCUT2D eigenvalue weighted by Crippen LogP contribution is 2.21. The lowest BCUT2D eigenvalue weighted by atomic mass is 10.2. The van der Waals surface area contributed by atoms with Crippen LogP contribution in [-0.4, -0.2) is 51.8 Å². The Morgan fingerprint density at radius 2 is 2.00 bits per heavy atom. The second kappa shape index (κ2) is 5.91. The Hall–Kier alpha value is -1.09. The molecule has 1 atom stereocenters. The second-order valence-electron chi connectivity index (χ2n) is 5.10. The van der Waals surface area contributed by atoms with E-state index < -0.39 is 0 Å². The number of aryl methyl sites for hydroxylation is 2. The summed E-state index contributed by atoms with van der Waals surface area (Å²) in [6.45, 7) is 8.60. The van der Waals surface area contributed by atoms with Crippen LogP contribution in [0.2, 0.25) is 5.15 Å². The van der Waals surface area contributed by atoms with Crippen molar-refractivity contribution < 1.29 is 0 Å². The summed E-state index contributed by atoms with van der Waals surface area (Å²) in [6, 6.07) is 2.30.